The molecule has 6 heteroatoms. The molecule has 6 nitrogen and oxygen atoms in total. The van der Waals surface area contributed by atoms with Crippen molar-refractivity contribution >= 4 is 16.9 Å². The minimum Gasteiger partial charge on any atom is -0.496 e. The molecule has 3 heterocycles. The fourth-order valence-electron chi connectivity index (χ4n) is 5.67. The Morgan fingerprint density at radius 3 is 2.81 bits per heavy atom. The van der Waals surface area contributed by atoms with Crippen molar-refractivity contribution in [2.75, 3.05) is 26.9 Å². The highest BCUT2D eigenvalue weighted by Crippen LogP contribution is 2.49. The molecule has 2 fully saturated rings. The molecule has 3 aromatic rings. The summed E-state index contributed by atoms with van der Waals surface area (Å²) in [5.41, 5.74) is 5.14. The van der Waals surface area contributed by atoms with Gasteiger partial charge in [0.05, 0.1) is 19.3 Å². The van der Waals surface area contributed by atoms with Gasteiger partial charge in [-0.2, -0.15) is 0 Å². The van der Waals surface area contributed by atoms with Crippen molar-refractivity contribution < 1.29 is 19.4 Å². The van der Waals surface area contributed by atoms with E-state index >= 15 is 0 Å². The molecule has 2 aliphatic heterocycles. The number of fused-ring (bicyclic) bond motifs is 1. The number of ether oxygens (including phenoxy) is 2. The number of nitrogens with one attached hydrogen (secondary N) is 1. The summed E-state index contributed by atoms with van der Waals surface area (Å²) in [6.07, 6.45) is 5.26. The van der Waals surface area contributed by atoms with Crippen molar-refractivity contribution in [2.45, 2.75) is 38.8 Å². The number of H-pyrrole nitrogens is 1. The van der Waals surface area contributed by atoms with E-state index in [4.69, 9.17) is 9.47 Å². The van der Waals surface area contributed by atoms with Crippen LogP contribution in [0.4, 0.5) is 0 Å². The van der Waals surface area contributed by atoms with Crippen LogP contribution in [0, 0.1) is 12.3 Å². The van der Waals surface area contributed by atoms with Gasteiger partial charge in [0.15, 0.2) is 0 Å². The van der Waals surface area contributed by atoms with Crippen LogP contribution in [0.5, 0.6) is 5.75 Å². The predicted octanol–water partition coefficient (Wildman–Crippen LogP) is 4.93. The van der Waals surface area contributed by atoms with Crippen LogP contribution in [-0.2, 0) is 11.3 Å². The Kier molecular flexibility index (Phi) is 5.43. The SMILES string of the molecule is COc1cc(C)c2[nH]ccc2c1CN1CC2(CCCOC2)CC1c1ccc(C(=O)O)cc1. The Morgan fingerprint density at radius 1 is 1.31 bits per heavy atom. The van der Waals surface area contributed by atoms with E-state index in [1.165, 1.54) is 16.5 Å². The average Bonchev–Trinajstić information content (AvgIpc) is 3.42. The first-order valence-corrected chi connectivity index (χ1v) is 11.3. The number of likely N-dealkylation sites (tertiary alicyclic amines) is 1. The van der Waals surface area contributed by atoms with E-state index in [0.717, 1.165) is 62.4 Å². The van der Waals surface area contributed by atoms with Crippen LogP contribution in [0.15, 0.2) is 42.6 Å². The molecule has 32 heavy (non-hydrogen) atoms. The van der Waals surface area contributed by atoms with Crippen molar-refractivity contribution in [3.8, 4) is 5.75 Å². The third-order valence-electron chi connectivity index (χ3n) is 7.24. The molecule has 2 aliphatic rings. The van der Waals surface area contributed by atoms with Crippen molar-refractivity contribution in [2.24, 2.45) is 5.41 Å². The first-order chi connectivity index (χ1) is 15.5. The number of methoxy groups -OCH3 is 1. The Labute approximate surface area is 188 Å². The van der Waals surface area contributed by atoms with Gasteiger partial charge in [-0.25, -0.2) is 4.79 Å². The van der Waals surface area contributed by atoms with Gasteiger partial charge in [-0.15, -0.1) is 0 Å². The van der Waals surface area contributed by atoms with Gasteiger partial charge in [0.1, 0.15) is 5.75 Å². The number of hydrogen-bond acceptors (Lipinski definition) is 4. The van der Waals surface area contributed by atoms with Crippen molar-refractivity contribution in [1.29, 1.82) is 0 Å². The first kappa shape index (κ1) is 21.0. The summed E-state index contributed by atoms with van der Waals surface area (Å²) in [6, 6.07) is 11.8. The Bertz CT molecular complexity index is 1130. The molecule has 0 saturated carbocycles. The van der Waals surface area contributed by atoms with Gasteiger partial charge in [-0.1, -0.05) is 12.1 Å². The second kappa shape index (κ2) is 8.26. The fraction of sp³-hybridized carbons (Fsp3) is 0.423. The van der Waals surface area contributed by atoms with E-state index in [-0.39, 0.29) is 11.5 Å². The van der Waals surface area contributed by atoms with Crippen molar-refractivity contribution in [1.82, 2.24) is 9.88 Å². The zero-order valence-electron chi connectivity index (χ0n) is 18.7. The van der Waals surface area contributed by atoms with Gasteiger partial charge in [0.25, 0.3) is 0 Å². The number of carbonyl (C=O) groups is 1. The summed E-state index contributed by atoms with van der Waals surface area (Å²) < 4.78 is 11.7. The summed E-state index contributed by atoms with van der Waals surface area (Å²) >= 11 is 0. The van der Waals surface area contributed by atoms with E-state index in [0.29, 0.717) is 5.56 Å². The minimum absolute atomic E-state index is 0.142. The maximum atomic E-state index is 11.3. The highest BCUT2D eigenvalue weighted by molar-refractivity contribution is 5.88. The number of aromatic amines is 1. The summed E-state index contributed by atoms with van der Waals surface area (Å²) in [4.78, 5) is 17.2. The molecule has 0 amide bonds. The Balaban J connectivity index is 1.53. The topological polar surface area (TPSA) is 74.8 Å². The number of nitrogens with zero attached hydrogens (tertiary/aromatic N) is 1. The summed E-state index contributed by atoms with van der Waals surface area (Å²) in [7, 11) is 1.74. The molecule has 1 spiro atoms. The predicted molar refractivity (Wildman–Crippen MR) is 123 cm³/mol. The van der Waals surface area contributed by atoms with Gasteiger partial charge in [-0.05, 0) is 61.6 Å². The van der Waals surface area contributed by atoms with Gasteiger partial charge >= 0.3 is 5.97 Å². The lowest BCUT2D eigenvalue weighted by molar-refractivity contribution is -0.00260. The van der Waals surface area contributed by atoms with Gasteiger partial charge in [-0.3, -0.25) is 4.90 Å². The maximum Gasteiger partial charge on any atom is 0.335 e. The number of carboxylic acid groups (broad SMARTS) is 1. The lowest BCUT2D eigenvalue weighted by Crippen LogP contribution is -2.35. The third kappa shape index (κ3) is 3.67. The number of aromatic nitrogens is 1. The number of aryl methyl sites for hydroxylation is 1. The zero-order valence-corrected chi connectivity index (χ0v) is 18.7. The maximum absolute atomic E-state index is 11.3. The molecule has 0 bridgehead atoms. The fourth-order valence-corrected chi connectivity index (χ4v) is 5.67. The smallest absolute Gasteiger partial charge is 0.335 e. The quantitative estimate of drug-likeness (QED) is 0.596. The number of rotatable bonds is 5. The van der Waals surface area contributed by atoms with Crippen LogP contribution in [-0.4, -0.2) is 47.8 Å². The normalized spacial score (nSPS) is 23.8. The van der Waals surface area contributed by atoms with Gasteiger partial charge in [0.2, 0.25) is 0 Å². The van der Waals surface area contributed by atoms with Crippen LogP contribution in [0.3, 0.4) is 0 Å². The minimum atomic E-state index is -0.892. The molecule has 168 valence electrons. The molecule has 2 saturated heterocycles. The van der Waals surface area contributed by atoms with Crippen molar-refractivity contribution in [3.63, 3.8) is 0 Å². The van der Waals surface area contributed by atoms with E-state index in [9.17, 15) is 9.90 Å². The molecule has 2 atom stereocenters. The standard InChI is InChI=1S/C26H30N2O4/c1-17-12-23(31-2)21(20-8-10-27-24(17)20)14-28-15-26(9-3-11-32-16-26)13-22(28)18-4-6-19(7-5-18)25(29)30/h4-8,10,12,22,27H,3,9,11,13-16H2,1-2H3,(H,29,30). The number of aromatic carboxylic acids is 1. The third-order valence-corrected chi connectivity index (χ3v) is 7.24. The van der Waals surface area contributed by atoms with Gasteiger partial charge < -0.3 is 19.6 Å². The molecule has 1 aromatic heterocycles. The highest BCUT2D eigenvalue weighted by atomic mass is 16.5. The van der Waals surface area contributed by atoms with Crippen LogP contribution in [0.1, 0.15) is 52.4 Å². The van der Waals surface area contributed by atoms with E-state index in [1.54, 1.807) is 19.2 Å². The average molecular weight is 435 g/mol. The number of benzene rings is 2. The van der Waals surface area contributed by atoms with E-state index in [2.05, 4.69) is 28.9 Å². The van der Waals surface area contributed by atoms with E-state index in [1.807, 2.05) is 18.3 Å². The highest BCUT2D eigenvalue weighted by Gasteiger charge is 2.45. The second-order valence-electron chi connectivity index (χ2n) is 9.35. The lowest BCUT2D eigenvalue weighted by Gasteiger charge is -2.33. The molecular formula is C26H30N2O4. The Hall–Kier alpha value is -2.83. The van der Waals surface area contributed by atoms with E-state index < -0.39 is 5.97 Å². The van der Waals surface area contributed by atoms with Crippen LogP contribution in [0.25, 0.3) is 10.9 Å². The van der Waals surface area contributed by atoms with Crippen LogP contribution in [0.2, 0.25) is 0 Å². The molecule has 5 rings (SSSR count). The van der Waals surface area contributed by atoms with Gasteiger partial charge in [0, 0.05) is 53.8 Å². The summed E-state index contributed by atoms with van der Waals surface area (Å²) in [5, 5.41) is 10.5. The Morgan fingerprint density at radius 2 is 2.12 bits per heavy atom. The summed E-state index contributed by atoms with van der Waals surface area (Å²) in [6.45, 7) is 5.46. The molecule has 0 aliphatic carbocycles. The van der Waals surface area contributed by atoms with Crippen LogP contribution >= 0.6 is 0 Å². The second-order valence-corrected chi connectivity index (χ2v) is 9.35. The molecule has 2 unspecified atom stereocenters. The molecular weight excluding hydrogens is 404 g/mol. The lowest BCUT2D eigenvalue weighted by atomic mass is 9.79. The zero-order chi connectivity index (χ0) is 22.3. The monoisotopic (exact) mass is 434 g/mol. The molecule has 2 N–H and O–H groups in total. The summed E-state index contributed by atoms with van der Waals surface area (Å²) in [5.74, 6) is 0.0200. The van der Waals surface area contributed by atoms with Crippen LogP contribution < -0.4 is 4.74 Å². The number of hydrogen-bond donors (Lipinski definition) is 2. The van der Waals surface area contributed by atoms with Crippen molar-refractivity contribution in [3.05, 3.63) is 64.8 Å². The molecule has 0 radical (unpaired) electrons. The number of carboxylic acids is 1. The molecule has 2 aromatic carbocycles. The first-order valence-electron chi connectivity index (χ1n) is 11.3. The largest absolute Gasteiger partial charge is 0.496 e.